The maximum Gasteiger partial charge on any atom is 0.260 e. The zero-order chi connectivity index (χ0) is 18.4. The van der Waals surface area contributed by atoms with Crippen LogP contribution in [0, 0.1) is 5.92 Å². The normalized spacial score (nSPS) is 17.1. The van der Waals surface area contributed by atoms with Gasteiger partial charge in [-0.25, -0.2) is 0 Å². The van der Waals surface area contributed by atoms with Gasteiger partial charge in [-0.1, -0.05) is 37.3 Å². The maximum atomic E-state index is 12.5. The molecule has 1 aliphatic rings. The molecule has 2 aromatic rings. The number of amides is 2. The van der Waals surface area contributed by atoms with Gasteiger partial charge < -0.3 is 15.0 Å². The third kappa shape index (κ3) is 4.54. The number of rotatable bonds is 6. The van der Waals surface area contributed by atoms with Crippen molar-refractivity contribution < 1.29 is 14.3 Å². The molecule has 5 heteroatoms. The average molecular weight is 354 g/mol. The minimum absolute atomic E-state index is 0.00163. The van der Waals surface area contributed by atoms with Crippen LogP contribution in [0.25, 0.3) is 10.8 Å². The van der Waals surface area contributed by atoms with E-state index < -0.39 is 0 Å². The van der Waals surface area contributed by atoms with Gasteiger partial charge >= 0.3 is 0 Å². The van der Waals surface area contributed by atoms with E-state index in [0.717, 1.165) is 30.0 Å². The van der Waals surface area contributed by atoms with Crippen LogP contribution in [-0.2, 0) is 9.59 Å². The highest BCUT2D eigenvalue weighted by Crippen LogP contribution is 2.21. The molecule has 1 heterocycles. The monoisotopic (exact) mass is 354 g/mol. The lowest BCUT2D eigenvalue weighted by Gasteiger charge is -2.32. The zero-order valence-corrected chi connectivity index (χ0v) is 15.2. The molecular weight excluding hydrogens is 328 g/mol. The summed E-state index contributed by atoms with van der Waals surface area (Å²) in [5.41, 5.74) is 0. The number of benzene rings is 2. The lowest BCUT2D eigenvalue weighted by atomic mass is 9.97. The van der Waals surface area contributed by atoms with Crippen molar-refractivity contribution in [2.75, 3.05) is 26.2 Å². The third-order valence-electron chi connectivity index (χ3n) is 4.78. The number of likely N-dealkylation sites (tertiary alicyclic amines) is 1. The fraction of sp³-hybridized carbons (Fsp3) is 0.429. The Labute approximate surface area is 154 Å². The van der Waals surface area contributed by atoms with Crippen LogP contribution < -0.4 is 10.1 Å². The van der Waals surface area contributed by atoms with Gasteiger partial charge in [0.2, 0.25) is 5.91 Å². The molecule has 0 spiro atoms. The predicted molar refractivity (Wildman–Crippen MR) is 102 cm³/mol. The van der Waals surface area contributed by atoms with E-state index in [0.29, 0.717) is 25.4 Å². The van der Waals surface area contributed by atoms with Crippen LogP contribution in [0.1, 0.15) is 26.2 Å². The molecular formula is C21H26N2O3. The number of carbonyl (C=O) groups excluding carboxylic acids is 2. The Morgan fingerprint density at radius 1 is 1.19 bits per heavy atom. The Bertz CT molecular complexity index is 775. The van der Waals surface area contributed by atoms with Crippen molar-refractivity contribution in [3.63, 3.8) is 0 Å². The van der Waals surface area contributed by atoms with Crippen LogP contribution in [-0.4, -0.2) is 43.0 Å². The number of fused-ring (bicyclic) bond motifs is 1. The van der Waals surface area contributed by atoms with E-state index in [-0.39, 0.29) is 24.3 Å². The topological polar surface area (TPSA) is 58.6 Å². The van der Waals surface area contributed by atoms with E-state index in [1.54, 1.807) is 4.90 Å². The average Bonchev–Trinajstić information content (AvgIpc) is 2.70. The van der Waals surface area contributed by atoms with Gasteiger partial charge in [0.05, 0.1) is 5.92 Å². The first-order chi connectivity index (χ1) is 12.7. The van der Waals surface area contributed by atoms with Gasteiger partial charge in [0.1, 0.15) is 5.75 Å². The molecule has 0 aliphatic carbocycles. The molecule has 5 nitrogen and oxygen atoms in total. The largest absolute Gasteiger partial charge is 0.484 e. The number of carbonyl (C=O) groups is 2. The van der Waals surface area contributed by atoms with E-state index in [1.165, 1.54) is 0 Å². The highest BCUT2D eigenvalue weighted by Gasteiger charge is 2.28. The molecule has 1 saturated heterocycles. The van der Waals surface area contributed by atoms with Crippen LogP contribution >= 0.6 is 0 Å². The van der Waals surface area contributed by atoms with Gasteiger partial charge in [0.25, 0.3) is 5.91 Å². The van der Waals surface area contributed by atoms with Crippen LogP contribution in [0.5, 0.6) is 5.75 Å². The highest BCUT2D eigenvalue weighted by molar-refractivity contribution is 5.84. The van der Waals surface area contributed by atoms with Crippen molar-refractivity contribution in [2.24, 2.45) is 5.92 Å². The SMILES string of the molecule is CCCNC(=O)C1CCCN(C(=O)COc2ccc3ccccc3c2)C1. The van der Waals surface area contributed by atoms with Crippen LogP contribution in [0.15, 0.2) is 42.5 Å². The fourth-order valence-electron chi connectivity index (χ4n) is 3.30. The van der Waals surface area contributed by atoms with Crippen LogP contribution in [0.2, 0.25) is 0 Å². The van der Waals surface area contributed by atoms with Crippen molar-refractivity contribution in [2.45, 2.75) is 26.2 Å². The number of hydrogen-bond acceptors (Lipinski definition) is 3. The minimum Gasteiger partial charge on any atom is -0.484 e. The lowest BCUT2D eigenvalue weighted by Crippen LogP contribution is -2.46. The van der Waals surface area contributed by atoms with Gasteiger partial charge in [0.15, 0.2) is 6.61 Å². The molecule has 2 aromatic carbocycles. The second-order valence-electron chi connectivity index (χ2n) is 6.77. The standard InChI is InChI=1S/C21H26N2O3/c1-2-11-22-21(25)18-8-5-12-23(14-18)20(24)15-26-19-10-9-16-6-3-4-7-17(16)13-19/h3-4,6-7,9-10,13,18H,2,5,8,11-12,14-15H2,1H3,(H,22,25). The quantitative estimate of drug-likeness (QED) is 0.868. The van der Waals surface area contributed by atoms with E-state index >= 15 is 0 Å². The molecule has 1 unspecified atom stereocenters. The van der Waals surface area contributed by atoms with Crippen LogP contribution in [0.4, 0.5) is 0 Å². The van der Waals surface area contributed by atoms with E-state index in [4.69, 9.17) is 4.74 Å². The molecule has 138 valence electrons. The van der Waals surface area contributed by atoms with E-state index in [9.17, 15) is 9.59 Å². The summed E-state index contributed by atoms with van der Waals surface area (Å²) in [5.74, 6) is 0.567. The summed E-state index contributed by atoms with van der Waals surface area (Å²) in [5, 5.41) is 5.16. The number of hydrogen-bond donors (Lipinski definition) is 1. The highest BCUT2D eigenvalue weighted by atomic mass is 16.5. The van der Waals surface area contributed by atoms with Gasteiger partial charge in [-0.15, -0.1) is 0 Å². The van der Waals surface area contributed by atoms with Gasteiger partial charge in [-0.2, -0.15) is 0 Å². The Morgan fingerprint density at radius 2 is 2.00 bits per heavy atom. The number of nitrogens with one attached hydrogen (secondary N) is 1. The van der Waals surface area contributed by atoms with Crippen molar-refractivity contribution in [1.82, 2.24) is 10.2 Å². The first-order valence-electron chi connectivity index (χ1n) is 9.34. The molecule has 1 atom stereocenters. The summed E-state index contributed by atoms with van der Waals surface area (Å²) < 4.78 is 5.70. The van der Waals surface area contributed by atoms with Gasteiger partial charge in [-0.05, 0) is 42.2 Å². The Morgan fingerprint density at radius 3 is 2.81 bits per heavy atom. The Kier molecular flexibility index (Phi) is 6.10. The Hall–Kier alpha value is -2.56. The zero-order valence-electron chi connectivity index (χ0n) is 15.2. The summed E-state index contributed by atoms with van der Waals surface area (Å²) in [6.45, 7) is 3.89. The van der Waals surface area contributed by atoms with E-state index in [1.807, 2.05) is 49.4 Å². The molecule has 1 N–H and O–H groups in total. The first-order valence-corrected chi connectivity index (χ1v) is 9.34. The summed E-state index contributed by atoms with van der Waals surface area (Å²) in [7, 11) is 0. The second kappa shape index (κ2) is 8.70. The number of ether oxygens (including phenoxy) is 1. The smallest absolute Gasteiger partial charge is 0.260 e. The molecule has 0 saturated carbocycles. The van der Waals surface area contributed by atoms with Crippen molar-refractivity contribution in [1.29, 1.82) is 0 Å². The van der Waals surface area contributed by atoms with Crippen molar-refractivity contribution in [3.8, 4) is 5.75 Å². The summed E-state index contributed by atoms with van der Waals surface area (Å²) in [6.07, 6.45) is 2.61. The van der Waals surface area contributed by atoms with Crippen LogP contribution in [0.3, 0.4) is 0 Å². The molecule has 1 aliphatic heterocycles. The maximum absolute atomic E-state index is 12.5. The second-order valence-corrected chi connectivity index (χ2v) is 6.77. The molecule has 0 bridgehead atoms. The van der Waals surface area contributed by atoms with Crippen molar-refractivity contribution >= 4 is 22.6 Å². The predicted octanol–water partition coefficient (Wildman–Crippen LogP) is 2.98. The number of nitrogens with zero attached hydrogens (tertiary/aromatic N) is 1. The molecule has 1 fully saturated rings. The molecule has 3 rings (SSSR count). The van der Waals surface area contributed by atoms with Crippen molar-refractivity contribution in [3.05, 3.63) is 42.5 Å². The molecule has 2 amide bonds. The minimum atomic E-state index is -0.111. The molecule has 0 radical (unpaired) electrons. The third-order valence-corrected chi connectivity index (χ3v) is 4.78. The molecule has 26 heavy (non-hydrogen) atoms. The summed E-state index contributed by atoms with van der Waals surface area (Å²) in [4.78, 5) is 26.4. The van der Waals surface area contributed by atoms with E-state index in [2.05, 4.69) is 5.32 Å². The lowest BCUT2D eigenvalue weighted by molar-refractivity contribution is -0.137. The fourth-order valence-corrected chi connectivity index (χ4v) is 3.30. The first kappa shape index (κ1) is 18.2. The van der Waals surface area contributed by atoms with Gasteiger partial charge in [0, 0.05) is 19.6 Å². The number of piperidine rings is 1. The summed E-state index contributed by atoms with van der Waals surface area (Å²) >= 11 is 0. The van der Waals surface area contributed by atoms with Gasteiger partial charge in [-0.3, -0.25) is 9.59 Å². The molecule has 0 aromatic heterocycles. The Balaban J connectivity index is 1.54. The summed E-state index contributed by atoms with van der Waals surface area (Å²) in [6, 6.07) is 13.9.